The number of hydrogen-bond donors (Lipinski definition) is 1. The third-order valence-electron chi connectivity index (χ3n) is 2.34. The Labute approximate surface area is 117 Å². The first kappa shape index (κ1) is 13.2. The van der Waals surface area contributed by atoms with Crippen LogP contribution < -0.4 is 5.32 Å². The molecule has 1 aromatic heterocycles. The summed E-state index contributed by atoms with van der Waals surface area (Å²) in [5.41, 5.74) is 0.680. The van der Waals surface area contributed by atoms with Crippen molar-refractivity contribution < 1.29 is 9.18 Å². The summed E-state index contributed by atoms with van der Waals surface area (Å²) < 4.78 is 14.0. The fourth-order valence-corrected chi connectivity index (χ4v) is 2.92. The molecule has 1 aromatic carbocycles. The number of carbonyl (C=O) groups is 1. The third-order valence-corrected chi connectivity index (χ3v) is 4.03. The van der Waals surface area contributed by atoms with E-state index in [-0.39, 0.29) is 18.1 Å². The number of amides is 1. The Morgan fingerprint density at radius 2 is 2.22 bits per heavy atom. The summed E-state index contributed by atoms with van der Waals surface area (Å²) in [6, 6.07) is 8.05. The highest BCUT2D eigenvalue weighted by molar-refractivity contribution is 9.10. The normalized spacial score (nSPS) is 10.3. The summed E-state index contributed by atoms with van der Waals surface area (Å²) in [5.74, 6) is -0.424. The molecule has 94 valence electrons. The van der Waals surface area contributed by atoms with E-state index in [1.165, 1.54) is 12.1 Å². The van der Waals surface area contributed by atoms with E-state index in [0.29, 0.717) is 12.1 Å². The van der Waals surface area contributed by atoms with Crippen LogP contribution in [0.5, 0.6) is 0 Å². The molecule has 0 atom stereocenters. The molecule has 0 aliphatic carbocycles. The van der Waals surface area contributed by atoms with Gasteiger partial charge in [0.15, 0.2) is 0 Å². The van der Waals surface area contributed by atoms with E-state index < -0.39 is 0 Å². The quantitative estimate of drug-likeness (QED) is 0.914. The highest BCUT2D eigenvalue weighted by Gasteiger charge is 2.05. The van der Waals surface area contributed by atoms with Crippen LogP contribution >= 0.6 is 27.3 Å². The van der Waals surface area contributed by atoms with Crippen molar-refractivity contribution in [1.82, 2.24) is 5.32 Å². The number of rotatable bonds is 4. The van der Waals surface area contributed by atoms with Crippen molar-refractivity contribution >= 4 is 33.2 Å². The Balaban J connectivity index is 1.85. The van der Waals surface area contributed by atoms with Gasteiger partial charge >= 0.3 is 0 Å². The van der Waals surface area contributed by atoms with Crippen molar-refractivity contribution in [2.45, 2.75) is 13.0 Å². The van der Waals surface area contributed by atoms with Crippen LogP contribution in [0.3, 0.4) is 0 Å². The van der Waals surface area contributed by atoms with E-state index in [2.05, 4.69) is 21.2 Å². The molecule has 0 radical (unpaired) electrons. The van der Waals surface area contributed by atoms with Gasteiger partial charge in [0.05, 0.1) is 13.0 Å². The molecule has 1 heterocycles. The van der Waals surface area contributed by atoms with E-state index in [1.54, 1.807) is 23.5 Å². The fourth-order valence-electron chi connectivity index (χ4n) is 1.53. The molecule has 1 amide bonds. The van der Waals surface area contributed by atoms with E-state index in [9.17, 15) is 9.18 Å². The molecule has 0 bridgehead atoms. The summed E-state index contributed by atoms with van der Waals surface area (Å²) in [5, 5.41) is 4.77. The summed E-state index contributed by atoms with van der Waals surface area (Å²) in [6.07, 6.45) is 0.199. The van der Waals surface area contributed by atoms with Gasteiger partial charge < -0.3 is 5.32 Å². The minimum atomic E-state index is -0.317. The summed E-state index contributed by atoms with van der Waals surface area (Å²) in [7, 11) is 0. The second-order valence-electron chi connectivity index (χ2n) is 3.81. The van der Waals surface area contributed by atoms with Gasteiger partial charge in [0.1, 0.15) is 5.82 Å². The van der Waals surface area contributed by atoms with Crippen LogP contribution in [0.1, 0.15) is 10.4 Å². The maximum Gasteiger partial charge on any atom is 0.224 e. The highest BCUT2D eigenvalue weighted by Crippen LogP contribution is 2.19. The van der Waals surface area contributed by atoms with Crippen molar-refractivity contribution in [3.63, 3.8) is 0 Å². The summed E-state index contributed by atoms with van der Waals surface area (Å²) >= 11 is 4.94. The SMILES string of the molecule is O=C(Cc1cccc(F)c1)NCc1cc(Br)cs1. The van der Waals surface area contributed by atoms with Crippen LogP contribution in [0.15, 0.2) is 40.2 Å². The Bertz CT molecular complexity index is 555. The minimum absolute atomic E-state index is 0.106. The van der Waals surface area contributed by atoms with Gasteiger partial charge in [-0.05, 0) is 39.7 Å². The number of halogens is 2. The zero-order valence-corrected chi connectivity index (χ0v) is 11.9. The predicted octanol–water partition coefficient (Wildman–Crippen LogP) is 3.51. The molecule has 0 spiro atoms. The van der Waals surface area contributed by atoms with Crippen LogP contribution in [-0.4, -0.2) is 5.91 Å². The molecule has 0 aliphatic heterocycles. The largest absolute Gasteiger partial charge is 0.351 e. The second-order valence-corrected chi connectivity index (χ2v) is 5.73. The smallest absolute Gasteiger partial charge is 0.224 e. The van der Waals surface area contributed by atoms with Gasteiger partial charge in [-0.15, -0.1) is 11.3 Å². The number of benzene rings is 1. The monoisotopic (exact) mass is 327 g/mol. The highest BCUT2D eigenvalue weighted by atomic mass is 79.9. The lowest BCUT2D eigenvalue weighted by atomic mass is 10.1. The molecule has 1 N–H and O–H groups in total. The molecular formula is C13H11BrFNOS. The number of carbonyl (C=O) groups excluding carboxylic acids is 1. The Hall–Kier alpha value is -1.20. The van der Waals surface area contributed by atoms with Gasteiger partial charge in [0, 0.05) is 14.7 Å². The van der Waals surface area contributed by atoms with E-state index in [4.69, 9.17) is 0 Å². The summed E-state index contributed by atoms with van der Waals surface area (Å²) in [6.45, 7) is 0.504. The Kier molecular flexibility index (Phi) is 4.49. The van der Waals surface area contributed by atoms with Crippen molar-refractivity contribution in [3.05, 3.63) is 56.4 Å². The van der Waals surface area contributed by atoms with Gasteiger partial charge in [0.25, 0.3) is 0 Å². The van der Waals surface area contributed by atoms with Crippen LogP contribution in [0.4, 0.5) is 4.39 Å². The van der Waals surface area contributed by atoms with Crippen LogP contribution in [-0.2, 0) is 17.8 Å². The molecule has 2 rings (SSSR count). The maximum absolute atomic E-state index is 12.9. The zero-order chi connectivity index (χ0) is 13.0. The average Bonchev–Trinajstić information content (AvgIpc) is 2.73. The van der Waals surface area contributed by atoms with E-state index >= 15 is 0 Å². The fraction of sp³-hybridized carbons (Fsp3) is 0.154. The van der Waals surface area contributed by atoms with Gasteiger partial charge in [-0.3, -0.25) is 4.79 Å². The first-order valence-electron chi connectivity index (χ1n) is 5.37. The Morgan fingerprint density at radius 3 is 2.89 bits per heavy atom. The molecule has 0 unspecified atom stereocenters. The standard InChI is InChI=1S/C13H11BrFNOS/c14-10-6-12(18-8-10)7-16-13(17)5-9-2-1-3-11(15)4-9/h1-4,6,8H,5,7H2,(H,16,17). The lowest BCUT2D eigenvalue weighted by Crippen LogP contribution is -2.24. The van der Waals surface area contributed by atoms with Crippen molar-refractivity contribution in [1.29, 1.82) is 0 Å². The predicted molar refractivity (Wildman–Crippen MR) is 74.0 cm³/mol. The first-order valence-corrected chi connectivity index (χ1v) is 7.05. The molecule has 2 nitrogen and oxygen atoms in total. The molecule has 2 aromatic rings. The maximum atomic E-state index is 12.9. The van der Waals surface area contributed by atoms with Gasteiger partial charge in [0.2, 0.25) is 5.91 Å². The average molecular weight is 328 g/mol. The molecule has 5 heteroatoms. The number of thiophene rings is 1. The van der Waals surface area contributed by atoms with E-state index in [1.807, 2.05) is 11.4 Å². The topological polar surface area (TPSA) is 29.1 Å². The van der Waals surface area contributed by atoms with Gasteiger partial charge in [-0.25, -0.2) is 4.39 Å². The van der Waals surface area contributed by atoms with Crippen LogP contribution in [0, 0.1) is 5.82 Å². The molecule has 0 fully saturated rings. The molecular weight excluding hydrogens is 317 g/mol. The molecule has 0 saturated carbocycles. The van der Waals surface area contributed by atoms with Crippen LogP contribution in [0.2, 0.25) is 0 Å². The van der Waals surface area contributed by atoms with E-state index in [0.717, 1.165) is 9.35 Å². The van der Waals surface area contributed by atoms with Crippen LogP contribution in [0.25, 0.3) is 0 Å². The number of nitrogens with one attached hydrogen (secondary N) is 1. The second kappa shape index (κ2) is 6.11. The first-order chi connectivity index (χ1) is 8.63. The molecule has 18 heavy (non-hydrogen) atoms. The van der Waals surface area contributed by atoms with Crippen molar-refractivity contribution in [2.24, 2.45) is 0 Å². The minimum Gasteiger partial charge on any atom is -0.351 e. The van der Waals surface area contributed by atoms with Crippen molar-refractivity contribution in [3.8, 4) is 0 Å². The Morgan fingerprint density at radius 1 is 1.39 bits per heavy atom. The molecule has 0 saturated heterocycles. The lowest BCUT2D eigenvalue weighted by molar-refractivity contribution is -0.120. The molecule has 0 aliphatic rings. The number of hydrogen-bond acceptors (Lipinski definition) is 2. The zero-order valence-electron chi connectivity index (χ0n) is 9.45. The van der Waals surface area contributed by atoms with Gasteiger partial charge in [-0.1, -0.05) is 12.1 Å². The van der Waals surface area contributed by atoms with Gasteiger partial charge in [-0.2, -0.15) is 0 Å². The lowest BCUT2D eigenvalue weighted by Gasteiger charge is -2.03. The summed E-state index contributed by atoms with van der Waals surface area (Å²) in [4.78, 5) is 12.7. The van der Waals surface area contributed by atoms with Crippen molar-refractivity contribution in [2.75, 3.05) is 0 Å². The third kappa shape index (κ3) is 3.92.